The number of pyridine rings is 1. The zero-order chi connectivity index (χ0) is 23.6. The van der Waals surface area contributed by atoms with Crippen molar-refractivity contribution in [2.75, 3.05) is 6.54 Å². The number of para-hydroxylation sites is 1. The molecule has 0 atom stereocenters. The van der Waals surface area contributed by atoms with Crippen molar-refractivity contribution in [3.05, 3.63) is 99.7 Å². The lowest BCUT2D eigenvalue weighted by Crippen LogP contribution is -2.35. The molecule has 0 saturated heterocycles. The second-order valence-corrected chi connectivity index (χ2v) is 8.70. The smallest absolute Gasteiger partial charge is 0.290 e. The molecule has 0 fully saturated rings. The largest absolute Gasteiger partial charge is 0.455 e. The van der Waals surface area contributed by atoms with Gasteiger partial charge in [-0.1, -0.05) is 64.0 Å². The number of benzene rings is 3. The molecule has 4 rings (SSSR count). The first-order valence-electron chi connectivity index (χ1n) is 10.3. The molecule has 0 radical (unpaired) electrons. The van der Waals surface area contributed by atoms with Gasteiger partial charge in [0.2, 0.25) is 0 Å². The Kier molecular flexibility index (Phi) is 6.42. The molecule has 1 heterocycles. The Morgan fingerprint density at radius 1 is 1.06 bits per heavy atom. The minimum atomic E-state index is -3.23. The van der Waals surface area contributed by atoms with Gasteiger partial charge in [-0.15, -0.1) is 0 Å². The third-order valence-corrected chi connectivity index (χ3v) is 5.73. The van der Waals surface area contributed by atoms with Gasteiger partial charge in [-0.3, -0.25) is 9.78 Å². The molecule has 0 aliphatic rings. The Morgan fingerprint density at radius 2 is 1.85 bits per heavy atom. The summed E-state index contributed by atoms with van der Waals surface area (Å²) < 4.78 is 36.7. The average Bonchev–Trinajstić information content (AvgIpc) is 2.77. The predicted octanol–water partition coefficient (Wildman–Crippen LogP) is 6.93. The van der Waals surface area contributed by atoms with Crippen LogP contribution in [0.15, 0.2) is 77.4 Å². The number of halogens is 3. The summed E-state index contributed by atoms with van der Waals surface area (Å²) in [6.07, 6.45) is 1.43. The second-order valence-electron chi connectivity index (χ2n) is 7.78. The van der Waals surface area contributed by atoms with Crippen LogP contribution in [0.25, 0.3) is 10.9 Å². The van der Waals surface area contributed by atoms with Crippen LogP contribution in [0.4, 0.5) is 8.78 Å². The maximum Gasteiger partial charge on any atom is 0.290 e. The predicted molar refractivity (Wildman–Crippen MR) is 128 cm³/mol. The SMILES string of the molecule is Cc1ccc(C(F)(F)CNC(=O)c2c(Oc3cccc(Br)c3)cnc3ccccc23)c(C)c1. The van der Waals surface area contributed by atoms with Crippen molar-refractivity contribution in [1.29, 1.82) is 0 Å². The summed E-state index contributed by atoms with van der Waals surface area (Å²) in [5, 5.41) is 2.91. The monoisotopic (exact) mass is 510 g/mol. The van der Waals surface area contributed by atoms with Crippen LogP contribution < -0.4 is 10.1 Å². The second kappa shape index (κ2) is 9.27. The van der Waals surface area contributed by atoms with Gasteiger partial charge in [0.1, 0.15) is 5.75 Å². The Labute approximate surface area is 198 Å². The highest BCUT2D eigenvalue weighted by Gasteiger charge is 2.34. The fourth-order valence-corrected chi connectivity index (χ4v) is 4.07. The van der Waals surface area contributed by atoms with E-state index in [-0.39, 0.29) is 16.9 Å². The average molecular weight is 511 g/mol. The van der Waals surface area contributed by atoms with Gasteiger partial charge in [0.25, 0.3) is 11.8 Å². The first kappa shape index (κ1) is 22.9. The van der Waals surface area contributed by atoms with Crippen molar-refractivity contribution in [3.8, 4) is 11.5 Å². The fourth-order valence-electron chi connectivity index (χ4n) is 3.69. The highest BCUT2D eigenvalue weighted by molar-refractivity contribution is 9.10. The van der Waals surface area contributed by atoms with Crippen molar-refractivity contribution >= 4 is 32.7 Å². The highest BCUT2D eigenvalue weighted by atomic mass is 79.9. The van der Waals surface area contributed by atoms with Gasteiger partial charge in [-0.05, 0) is 43.7 Å². The van der Waals surface area contributed by atoms with E-state index in [0.29, 0.717) is 22.2 Å². The number of carbonyl (C=O) groups is 1. The van der Waals surface area contributed by atoms with Crippen molar-refractivity contribution in [1.82, 2.24) is 10.3 Å². The summed E-state index contributed by atoms with van der Waals surface area (Å²) >= 11 is 3.38. The molecule has 0 saturated carbocycles. The van der Waals surface area contributed by atoms with Gasteiger partial charge >= 0.3 is 0 Å². The fraction of sp³-hybridized carbons (Fsp3) is 0.154. The lowest BCUT2D eigenvalue weighted by molar-refractivity contribution is -0.00308. The Bertz CT molecular complexity index is 1340. The molecule has 0 aliphatic carbocycles. The van der Waals surface area contributed by atoms with Crippen LogP contribution in [0.1, 0.15) is 27.0 Å². The number of hydrogen-bond acceptors (Lipinski definition) is 3. The first-order valence-corrected chi connectivity index (χ1v) is 11.1. The van der Waals surface area contributed by atoms with Gasteiger partial charge in [0.05, 0.1) is 23.8 Å². The van der Waals surface area contributed by atoms with Crippen LogP contribution in [-0.4, -0.2) is 17.4 Å². The van der Waals surface area contributed by atoms with E-state index >= 15 is 0 Å². The minimum absolute atomic E-state index is 0.112. The van der Waals surface area contributed by atoms with Crippen LogP contribution in [0, 0.1) is 13.8 Å². The van der Waals surface area contributed by atoms with Gasteiger partial charge in [-0.2, -0.15) is 8.78 Å². The van der Waals surface area contributed by atoms with Crippen LogP contribution in [-0.2, 0) is 5.92 Å². The molecule has 4 aromatic rings. The number of amides is 1. The van der Waals surface area contributed by atoms with Crippen molar-refractivity contribution in [2.24, 2.45) is 0 Å². The number of hydrogen-bond donors (Lipinski definition) is 1. The summed E-state index contributed by atoms with van der Waals surface area (Å²) in [5.41, 5.74) is 1.97. The van der Waals surface area contributed by atoms with Crippen LogP contribution in [0.5, 0.6) is 11.5 Å². The van der Waals surface area contributed by atoms with Crippen molar-refractivity contribution in [3.63, 3.8) is 0 Å². The molecule has 0 bridgehead atoms. The minimum Gasteiger partial charge on any atom is -0.455 e. The molecule has 1 aromatic heterocycles. The highest BCUT2D eigenvalue weighted by Crippen LogP contribution is 2.33. The Balaban J connectivity index is 1.66. The summed E-state index contributed by atoms with van der Waals surface area (Å²) in [5.74, 6) is -3.24. The normalized spacial score (nSPS) is 11.4. The number of nitrogens with zero attached hydrogens (tertiary/aromatic N) is 1. The maximum atomic E-state index is 15.0. The molecular formula is C26H21BrF2N2O2. The molecule has 1 amide bonds. The van der Waals surface area contributed by atoms with Gasteiger partial charge in [0, 0.05) is 15.4 Å². The van der Waals surface area contributed by atoms with Gasteiger partial charge in [0.15, 0.2) is 5.75 Å². The third-order valence-electron chi connectivity index (χ3n) is 5.24. The summed E-state index contributed by atoms with van der Waals surface area (Å²) in [6, 6.07) is 18.9. The van der Waals surface area contributed by atoms with E-state index in [0.717, 1.165) is 10.0 Å². The van der Waals surface area contributed by atoms with Crippen LogP contribution >= 0.6 is 15.9 Å². The van der Waals surface area contributed by atoms with E-state index in [4.69, 9.17) is 4.74 Å². The van der Waals surface area contributed by atoms with Crippen LogP contribution in [0.2, 0.25) is 0 Å². The van der Waals surface area contributed by atoms with Crippen molar-refractivity contribution < 1.29 is 18.3 Å². The summed E-state index contributed by atoms with van der Waals surface area (Å²) in [6.45, 7) is 2.64. The third kappa shape index (κ3) is 5.03. The molecule has 3 aromatic carbocycles. The quantitative estimate of drug-likeness (QED) is 0.306. The first-order chi connectivity index (χ1) is 15.7. The number of ether oxygens (including phenoxy) is 1. The molecule has 7 heteroatoms. The maximum absolute atomic E-state index is 15.0. The zero-order valence-electron chi connectivity index (χ0n) is 18.0. The number of carbonyl (C=O) groups excluding carboxylic acids is 1. The Hall–Kier alpha value is -3.32. The molecule has 0 unspecified atom stereocenters. The molecule has 168 valence electrons. The summed E-state index contributed by atoms with van der Waals surface area (Å²) in [4.78, 5) is 17.5. The molecule has 0 spiro atoms. The molecule has 1 N–H and O–H groups in total. The molecule has 33 heavy (non-hydrogen) atoms. The van der Waals surface area contributed by atoms with Crippen LogP contribution in [0.3, 0.4) is 0 Å². The number of rotatable bonds is 6. The van der Waals surface area contributed by atoms with E-state index in [1.165, 1.54) is 12.3 Å². The van der Waals surface area contributed by atoms with E-state index in [2.05, 4.69) is 26.2 Å². The standard InChI is InChI=1S/C26H21BrF2N2O2/c1-16-10-11-21(17(2)12-16)26(28,29)15-31-25(32)24-20-8-3-4-9-22(20)30-14-23(24)33-19-7-5-6-18(27)13-19/h3-14H,15H2,1-2H3,(H,31,32). The Morgan fingerprint density at radius 3 is 2.61 bits per heavy atom. The lowest BCUT2D eigenvalue weighted by atomic mass is 10.00. The van der Waals surface area contributed by atoms with Crippen molar-refractivity contribution in [2.45, 2.75) is 19.8 Å². The number of aromatic nitrogens is 1. The number of fused-ring (bicyclic) bond motifs is 1. The molecule has 0 aliphatic heterocycles. The number of alkyl halides is 2. The molecule has 4 nitrogen and oxygen atoms in total. The van der Waals surface area contributed by atoms with E-state index < -0.39 is 18.4 Å². The van der Waals surface area contributed by atoms with E-state index in [1.807, 2.05) is 13.0 Å². The lowest BCUT2D eigenvalue weighted by Gasteiger charge is -2.20. The topological polar surface area (TPSA) is 51.2 Å². The number of nitrogens with one attached hydrogen (secondary N) is 1. The number of aryl methyl sites for hydroxylation is 2. The summed E-state index contributed by atoms with van der Waals surface area (Å²) in [7, 11) is 0. The van der Waals surface area contributed by atoms with E-state index in [9.17, 15) is 13.6 Å². The van der Waals surface area contributed by atoms with E-state index in [1.54, 1.807) is 61.5 Å². The zero-order valence-corrected chi connectivity index (χ0v) is 19.6. The van der Waals surface area contributed by atoms with Gasteiger partial charge in [-0.25, -0.2) is 0 Å². The molecular weight excluding hydrogens is 490 g/mol. The van der Waals surface area contributed by atoms with Gasteiger partial charge < -0.3 is 10.1 Å².